The van der Waals surface area contributed by atoms with Crippen LogP contribution in [0.3, 0.4) is 0 Å². The topological polar surface area (TPSA) is 87.7 Å². The second kappa shape index (κ2) is 14.2. The van der Waals surface area contributed by atoms with Crippen LogP contribution in [0, 0.1) is 12.3 Å². The summed E-state index contributed by atoms with van der Waals surface area (Å²) in [6.07, 6.45) is 8.54. The fourth-order valence-electron chi connectivity index (χ4n) is 4.38. The van der Waals surface area contributed by atoms with E-state index in [0.29, 0.717) is 29.8 Å². The molecule has 3 rings (SSSR count). The van der Waals surface area contributed by atoms with Crippen LogP contribution in [-0.2, 0) is 14.3 Å². The number of amides is 3. The largest absolute Gasteiger partial charge is 0.444 e. The lowest BCUT2D eigenvalue weighted by Crippen LogP contribution is -2.47. The third-order valence-corrected chi connectivity index (χ3v) is 6.33. The number of hydrogen-bond donors (Lipinski definition) is 2. The van der Waals surface area contributed by atoms with E-state index in [1.54, 1.807) is 45.0 Å². The smallest absolute Gasteiger partial charge is 0.408 e. The molecule has 0 spiro atoms. The fourth-order valence-corrected chi connectivity index (χ4v) is 4.38. The van der Waals surface area contributed by atoms with Gasteiger partial charge in [0.1, 0.15) is 18.2 Å². The Morgan fingerprint density at radius 1 is 0.950 bits per heavy atom. The molecule has 3 aromatic carbocycles. The molecule has 0 bridgehead atoms. The van der Waals surface area contributed by atoms with E-state index in [2.05, 4.69) is 23.5 Å². The van der Waals surface area contributed by atoms with E-state index in [0.717, 1.165) is 30.0 Å². The van der Waals surface area contributed by atoms with E-state index in [1.807, 2.05) is 42.5 Å². The Bertz CT molecular complexity index is 1350. The number of ether oxygens (including phenoxy) is 1. The molecule has 0 fully saturated rings. The van der Waals surface area contributed by atoms with Crippen molar-refractivity contribution in [1.82, 2.24) is 10.2 Å². The van der Waals surface area contributed by atoms with E-state index in [-0.39, 0.29) is 18.4 Å². The number of rotatable bonds is 11. The molecule has 40 heavy (non-hydrogen) atoms. The maximum Gasteiger partial charge on any atom is 0.408 e. The first-order valence-electron chi connectivity index (χ1n) is 13.7. The number of hydrogen-bond acceptors (Lipinski definition) is 4. The second-order valence-corrected chi connectivity index (χ2v) is 10.7. The number of carbonyl (C=O) groups excluding carboxylic acids is 3. The normalized spacial score (nSPS) is 11.8. The average Bonchev–Trinajstić information content (AvgIpc) is 2.92. The first-order valence-corrected chi connectivity index (χ1v) is 13.7. The quantitative estimate of drug-likeness (QED) is 0.216. The molecule has 0 saturated heterocycles. The zero-order valence-corrected chi connectivity index (χ0v) is 23.8. The van der Waals surface area contributed by atoms with Gasteiger partial charge in [-0.2, -0.15) is 0 Å². The zero-order valence-electron chi connectivity index (χ0n) is 23.8. The van der Waals surface area contributed by atoms with Crippen LogP contribution < -0.4 is 10.6 Å². The number of nitrogens with one attached hydrogen (secondary N) is 2. The van der Waals surface area contributed by atoms with Crippen LogP contribution in [-0.4, -0.2) is 41.5 Å². The molecular formula is C33H39N3O4. The number of anilines is 1. The molecule has 7 heteroatoms. The molecule has 0 aliphatic heterocycles. The molecule has 1 atom stereocenters. The van der Waals surface area contributed by atoms with E-state index in [9.17, 15) is 14.4 Å². The summed E-state index contributed by atoms with van der Waals surface area (Å²) in [4.78, 5) is 41.3. The number of carbonyl (C=O) groups is 3. The van der Waals surface area contributed by atoms with Gasteiger partial charge >= 0.3 is 6.09 Å². The number of unbranched alkanes of at least 4 members (excludes halogenated alkanes) is 3. The molecule has 0 aromatic heterocycles. The van der Waals surface area contributed by atoms with Gasteiger partial charge in [0.05, 0.1) is 0 Å². The van der Waals surface area contributed by atoms with Gasteiger partial charge < -0.3 is 20.3 Å². The Hall–Kier alpha value is -4.31. The monoisotopic (exact) mass is 541 g/mol. The van der Waals surface area contributed by atoms with E-state index in [4.69, 9.17) is 11.2 Å². The number of terminal acetylenes is 1. The highest BCUT2D eigenvalue weighted by Crippen LogP contribution is 2.26. The Kier molecular flexibility index (Phi) is 10.7. The van der Waals surface area contributed by atoms with E-state index >= 15 is 0 Å². The fraction of sp³-hybridized carbons (Fsp3) is 0.364. The van der Waals surface area contributed by atoms with Gasteiger partial charge in [-0.05, 0) is 67.8 Å². The standard InChI is InChI=1S/C33H39N3O4/c1-6-8-9-12-21-36(29(37)23-34-32(39)40-33(3,4)5)30(26-17-15-24(7-2)16-18-26)31(38)35-28-20-19-25-13-10-11-14-27(25)22-28/h2,10-11,13-20,22,30H,6,8-9,12,21,23H2,1,3-5H3,(H,34,39)(H,35,38). The minimum atomic E-state index is -0.937. The Labute approximate surface area is 237 Å². The highest BCUT2D eigenvalue weighted by molar-refractivity contribution is 6.00. The Balaban J connectivity index is 1.92. The van der Waals surface area contributed by atoms with Crippen molar-refractivity contribution in [2.75, 3.05) is 18.4 Å². The van der Waals surface area contributed by atoms with Crippen LogP contribution in [0.25, 0.3) is 10.8 Å². The van der Waals surface area contributed by atoms with Crippen LogP contribution in [0.15, 0.2) is 66.7 Å². The predicted molar refractivity (Wildman–Crippen MR) is 160 cm³/mol. The highest BCUT2D eigenvalue weighted by atomic mass is 16.6. The third kappa shape index (κ3) is 8.88. The number of alkyl carbamates (subject to hydrolysis) is 1. The predicted octanol–water partition coefficient (Wildman–Crippen LogP) is 6.43. The maximum atomic E-state index is 13.9. The first-order chi connectivity index (χ1) is 19.1. The lowest BCUT2D eigenvalue weighted by molar-refractivity contribution is -0.138. The lowest BCUT2D eigenvalue weighted by Gasteiger charge is -2.32. The molecule has 7 nitrogen and oxygen atoms in total. The van der Waals surface area contributed by atoms with Gasteiger partial charge in [-0.15, -0.1) is 6.42 Å². The van der Waals surface area contributed by atoms with Gasteiger partial charge in [0.25, 0.3) is 5.91 Å². The van der Waals surface area contributed by atoms with Gasteiger partial charge in [-0.1, -0.05) is 74.6 Å². The van der Waals surface area contributed by atoms with Gasteiger partial charge in [0.2, 0.25) is 5.91 Å². The van der Waals surface area contributed by atoms with Crippen molar-refractivity contribution in [2.45, 2.75) is 65.0 Å². The molecule has 0 radical (unpaired) electrons. The van der Waals surface area contributed by atoms with Crippen LogP contribution in [0.5, 0.6) is 0 Å². The molecule has 3 amide bonds. The summed E-state index contributed by atoms with van der Waals surface area (Å²) in [6.45, 7) is 7.41. The van der Waals surface area contributed by atoms with Crippen molar-refractivity contribution in [1.29, 1.82) is 0 Å². The minimum Gasteiger partial charge on any atom is -0.444 e. The summed E-state index contributed by atoms with van der Waals surface area (Å²) in [5.41, 5.74) is 1.22. The SMILES string of the molecule is C#Cc1ccc(C(C(=O)Nc2ccc3ccccc3c2)N(CCCCCC)C(=O)CNC(=O)OC(C)(C)C)cc1. The maximum absolute atomic E-state index is 13.9. The Morgan fingerprint density at radius 3 is 2.30 bits per heavy atom. The van der Waals surface area contributed by atoms with Gasteiger partial charge in [0.15, 0.2) is 0 Å². The minimum absolute atomic E-state index is 0.301. The molecule has 0 saturated carbocycles. The van der Waals surface area contributed by atoms with Crippen LogP contribution in [0.4, 0.5) is 10.5 Å². The van der Waals surface area contributed by atoms with Crippen molar-refractivity contribution < 1.29 is 19.1 Å². The molecule has 210 valence electrons. The summed E-state index contributed by atoms with van der Waals surface area (Å²) in [7, 11) is 0. The second-order valence-electron chi connectivity index (χ2n) is 10.7. The number of nitrogens with zero attached hydrogens (tertiary/aromatic N) is 1. The van der Waals surface area contributed by atoms with Crippen LogP contribution in [0.2, 0.25) is 0 Å². The first kappa shape index (κ1) is 30.2. The summed E-state index contributed by atoms with van der Waals surface area (Å²) < 4.78 is 5.29. The number of benzene rings is 3. The van der Waals surface area contributed by atoms with Gasteiger partial charge in [0, 0.05) is 17.8 Å². The Morgan fingerprint density at radius 2 is 1.65 bits per heavy atom. The van der Waals surface area contributed by atoms with Crippen molar-refractivity contribution in [3.05, 3.63) is 77.9 Å². The van der Waals surface area contributed by atoms with E-state index in [1.165, 1.54) is 4.90 Å². The highest BCUT2D eigenvalue weighted by Gasteiger charge is 2.32. The third-order valence-electron chi connectivity index (χ3n) is 6.33. The average molecular weight is 542 g/mol. The van der Waals surface area contributed by atoms with Crippen LogP contribution in [0.1, 0.15) is 70.5 Å². The summed E-state index contributed by atoms with van der Waals surface area (Å²) >= 11 is 0. The molecule has 2 N–H and O–H groups in total. The van der Waals surface area contributed by atoms with Crippen molar-refractivity contribution in [2.24, 2.45) is 0 Å². The molecular weight excluding hydrogens is 502 g/mol. The van der Waals surface area contributed by atoms with Crippen LogP contribution >= 0.6 is 0 Å². The van der Waals surface area contributed by atoms with Gasteiger partial charge in [-0.25, -0.2) is 4.79 Å². The molecule has 1 unspecified atom stereocenters. The summed E-state index contributed by atoms with van der Waals surface area (Å²) in [5, 5.41) is 7.60. The lowest BCUT2D eigenvalue weighted by atomic mass is 10.0. The van der Waals surface area contributed by atoms with Crippen molar-refractivity contribution in [3.63, 3.8) is 0 Å². The number of fused-ring (bicyclic) bond motifs is 1. The molecule has 0 aliphatic rings. The molecule has 0 heterocycles. The molecule has 0 aliphatic carbocycles. The van der Waals surface area contributed by atoms with Gasteiger partial charge in [-0.3, -0.25) is 9.59 Å². The summed E-state index contributed by atoms with van der Waals surface area (Å²) in [6, 6.07) is 19.7. The van der Waals surface area contributed by atoms with E-state index < -0.39 is 17.7 Å². The zero-order chi connectivity index (χ0) is 29.1. The van der Waals surface area contributed by atoms with Crippen molar-refractivity contribution >= 4 is 34.4 Å². The molecule has 3 aromatic rings. The summed E-state index contributed by atoms with van der Waals surface area (Å²) in [5.74, 6) is 1.84. The van der Waals surface area contributed by atoms with Crippen molar-refractivity contribution in [3.8, 4) is 12.3 Å².